The van der Waals surface area contributed by atoms with Gasteiger partial charge in [-0.25, -0.2) is 4.79 Å². The number of hydrogen-bond donors (Lipinski definition) is 0. The van der Waals surface area contributed by atoms with Crippen molar-refractivity contribution in [2.24, 2.45) is 0 Å². The molecule has 0 N–H and O–H groups in total. The molecule has 0 bridgehead atoms. The summed E-state index contributed by atoms with van der Waals surface area (Å²) in [6, 6.07) is 11.9. The topological polar surface area (TPSA) is 72.1 Å². The molecule has 0 fully saturated rings. The number of pyridine rings is 1. The Morgan fingerprint density at radius 1 is 1.27 bits per heavy atom. The van der Waals surface area contributed by atoms with E-state index in [9.17, 15) is 9.59 Å². The fraction of sp³-hybridized carbons (Fsp3) is 0.235. The van der Waals surface area contributed by atoms with Crippen molar-refractivity contribution in [2.45, 2.75) is 26.3 Å². The zero-order valence-corrected chi connectivity index (χ0v) is 12.3. The molecule has 22 heavy (non-hydrogen) atoms. The zero-order valence-electron chi connectivity index (χ0n) is 12.3. The summed E-state index contributed by atoms with van der Waals surface area (Å²) < 4.78 is 7.09. The first-order valence-corrected chi connectivity index (χ1v) is 7.04. The molecule has 0 aliphatic rings. The number of carbonyl (C=O) groups is 1. The van der Waals surface area contributed by atoms with Gasteiger partial charge in [0.25, 0.3) is 0 Å². The van der Waals surface area contributed by atoms with Crippen molar-refractivity contribution in [3.8, 4) is 11.8 Å². The predicted octanol–water partition coefficient (Wildman–Crippen LogP) is 2.54. The third kappa shape index (κ3) is 3.41. The van der Waals surface area contributed by atoms with Crippen LogP contribution in [0, 0.1) is 11.3 Å². The quantitative estimate of drug-likeness (QED) is 0.795. The lowest BCUT2D eigenvalue weighted by atomic mass is 10.2. The molecule has 5 nitrogen and oxygen atoms in total. The van der Waals surface area contributed by atoms with Crippen molar-refractivity contribution < 1.29 is 9.53 Å². The third-order valence-corrected chi connectivity index (χ3v) is 3.24. The summed E-state index contributed by atoms with van der Waals surface area (Å²) in [6.45, 7) is 2.33. The molecule has 1 aromatic carbocycles. The second-order valence-corrected chi connectivity index (χ2v) is 4.67. The Labute approximate surface area is 128 Å². The van der Waals surface area contributed by atoms with Crippen LogP contribution in [0.5, 0.6) is 5.75 Å². The SMILES string of the molecule is CCc1c(OC(=O)c2ccccc2)c(=O)ccn1CCC#N. The van der Waals surface area contributed by atoms with Gasteiger partial charge in [0.05, 0.1) is 23.7 Å². The van der Waals surface area contributed by atoms with Crippen LogP contribution in [0.2, 0.25) is 0 Å². The van der Waals surface area contributed by atoms with E-state index in [-0.39, 0.29) is 11.2 Å². The maximum atomic E-state index is 12.1. The lowest BCUT2D eigenvalue weighted by molar-refractivity contribution is 0.0730. The van der Waals surface area contributed by atoms with Crippen LogP contribution in [0.4, 0.5) is 0 Å². The fourth-order valence-electron chi connectivity index (χ4n) is 2.17. The van der Waals surface area contributed by atoms with Gasteiger partial charge < -0.3 is 9.30 Å². The average Bonchev–Trinajstić information content (AvgIpc) is 2.56. The normalized spacial score (nSPS) is 10.0. The number of aryl methyl sites for hydroxylation is 1. The predicted molar refractivity (Wildman–Crippen MR) is 81.7 cm³/mol. The monoisotopic (exact) mass is 296 g/mol. The summed E-state index contributed by atoms with van der Waals surface area (Å²) >= 11 is 0. The van der Waals surface area contributed by atoms with E-state index in [1.165, 1.54) is 6.07 Å². The van der Waals surface area contributed by atoms with E-state index >= 15 is 0 Å². The maximum absolute atomic E-state index is 12.1. The molecule has 2 rings (SSSR count). The van der Waals surface area contributed by atoms with E-state index in [0.717, 1.165) is 0 Å². The van der Waals surface area contributed by atoms with Crippen molar-refractivity contribution in [3.05, 3.63) is 64.1 Å². The summed E-state index contributed by atoms with van der Waals surface area (Å²) in [6.07, 6.45) is 2.47. The van der Waals surface area contributed by atoms with Gasteiger partial charge in [0.2, 0.25) is 5.43 Å². The number of esters is 1. The van der Waals surface area contributed by atoms with Crippen molar-refractivity contribution >= 4 is 5.97 Å². The van der Waals surface area contributed by atoms with E-state index in [1.54, 1.807) is 41.1 Å². The van der Waals surface area contributed by atoms with Crippen LogP contribution in [0.25, 0.3) is 0 Å². The van der Waals surface area contributed by atoms with Crippen molar-refractivity contribution in [2.75, 3.05) is 0 Å². The Bertz CT molecular complexity index is 758. The molecule has 0 saturated carbocycles. The van der Waals surface area contributed by atoms with Crippen molar-refractivity contribution in [3.63, 3.8) is 0 Å². The molecule has 0 spiro atoms. The Morgan fingerprint density at radius 3 is 2.64 bits per heavy atom. The number of carbonyl (C=O) groups excluding carboxylic acids is 1. The van der Waals surface area contributed by atoms with Gasteiger partial charge in [-0.05, 0) is 18.6 Å². The van der Waals surface area contributed by atoms with Gasteiger partial charge in [-0.2, -0.15) is 5.26 Å². The molecular weight excluding hydrogens is 280 g/mol. The van der Waals surface area contributed by atoms with E-state index in [4.69, 9.17) is 10.00 Å². The first-order chi connectivity index (χ1) is 10.7. The number of benzene rings is 1. The molecular formula is C17H16N2O3. The molecule has 0 atom stereocenters. The standard InChI is InChI=1S/C17H16N2O3/c1-2-14-16(15(20)9-12-19(14)11-6-10-18)22-17(21)13-7-4-3-5-8-13/h3-5,7-9,12H,2,6,11H2,1H3. The molecule has 2 aromatic rings. The van der Waals surface area contributed by atoms with E-state index < -0.39 is 5.97 Å². The molecule has 1 aromatic heterocycles. The van der Waals surface area contributed by atoms with Crippen molar-refractivity contribution in [1.29, 1.82) is 5.26 Å². The van der Waals surface area contributed by atoms with Crippen LogP contribution in [-0.2, 0) is 13.0 Å². The van der Waals surface area contributed by atoms with Gasteiger partial charge in [-0.15, -0.1) is 0 Å². The number of nitriles is 1. The highest BCUT2D eigenvalue weighted by Crippen LogP contribution is 2.16. The van der Waals surface area contributed by atoms with Gasteiger partial charge >= 0.3 is 5.97 Å². The molecule has 0 aliphatic carbocycles. The number of aromatic nitrogens is 1. The van der Waals surface area contributed by atoms with Gasteiger partial charge in [0.15, 0.2) is 5.75 Å². The zero-order chi connectivity index (χ0) is 15.9. The summed E-state index contributed by atoms with van der Waals surface area (Å²) in [4.78, 5) is 24.2. The highest BCUT2D eigenvalue weighted by atomic mass is 16.5. The van der Waals surface area contributed by atoms with Crippen LogP contribution in [0.1, 0.15) is 29.4 Å². The summed E-state index contributed by atoms with van der Waals surface area (Å²) in [5.74, 6) is -0.526. The van der Waals surface area contributed by atoms with Crippen LogP contribution in [0.3, 0.4) is 0 Å². The minimum Gasteiger partial charge on any atom is -0.417 e. The van der Waals surface area contributed by atoms with Gasteiger partial charge in [-0.1, -0.05) is 25.1 Å². The summed E-state index contributed by atoms with van der Waals surface area (Å²) in [5, 5.41) is 8.70. The number of rotatable bonds is 5. The highest BCUT2D eigenvalue weighted by molar-refractivity contribution is 5.91. The largest absolute Gasteiger partial charge is 0.417 e. The summed E-state index contributed by atoms with van der Waals surface area (Å²) in [7, 11) is 0. The molecule has 5 heteroatoms. The lowest BCUT2D eigenvalue weighted by Crippen LogP contribution is -2.20. The molecule has 0 unspecified atom stereocenters. The number of nitrogens with zero attached hydrogens (tertiary/aromatic N) is 2. The Kier molecular flexibility index (Phi) is 5.10. The van der Waals surface area contributed by atoms with Crippen molar-refractivity contribution in [1.82, 2.24) is 4.57 Å². The molecule has 112 valence electrons. The minimum absolute atomic E-state index is 0.0387. The molecule has 0 saturated heterocycles. The fourth-order valence-corrected chi connectivity index (χ4v) is 2.17. The van der Waals surface area contributed by atoms with Crippen LogP contribution in [0.15, 0.2) is 47.4 Å². The molecule has 0 aliphatic heterocycles. The smallest absolute Gasteiger partial charge is 0.343 e. The molecule has 0 radical (unpaired) electrons. The van der Waals surface area contributed by atoms with Gasteiger partial charge in [-0.3, -0.25) is 4.79 Å². The van der Waals surface area contributed by atoms with E-state index in [0.29, 0.717) is 30.6 Å². The lowest BCUT2D eigenvalue weighted by Gasteiger charge is -2.14. The van der Waals surface area contributed by atoms with Crippen LogP contribution >= 0.6 is 0 Å². The summed E-state index contributed by atoms with van der Waals surface area (Å²) in [5.41, 5.74) is 0.665. The highest BCUT2D eigenvalue weighted by Gasteiger charge is 2.16. The van der Waals surface area contributed by atoms with Crippen LogP contribution in [-0.4, -0.2) is 10.5 Å². The Morgan fingerprint density at radius 2 is 2.00 bits per heavy atom. The Hall–Kier alpha value is -2.87. The first kappa shape index (κ1) is 15.5. The number of hydrogen-bond acceptors (Lipinski definition) is 4. The first-order valence-electron chi connectivity index (χ1n) is 7.04. The van der Waals surface area contributed by atoms with Gasteiger partial charge in [0, 0.05) is 18.8 Å². The second-order valence-electron chi connectivity index (χ2n) is 4.67. The molecule has 0 amide bonds. The van der Waals surface area contributed by atoms with Crippen LogP contribution < -0.4 is 10.2 Å². The van der Waals surface area contributed by atoms with E-state index in [2.05, 4.69) is 6.07 Å². The third-order valence-electron chi connectivity index (χ3n) is 3.24. The Balaban J connectivity index is 2.36. The average molecular weight is 296 g/mol. The number of ether oxygens (including phenoxy) is 1. The van der Waals surface area contributed by atoms with E-state index in [1.807, 2.05) is 6.92 Å². The minimum atomic E-state index is -0.564. The molecule has 1 heterocycles. The van der Waals surface area contributed by atoms with Gasteiger partial charge in [0.1, 0.15) is 0 Å². The second kappa shape index (κ2) is 7.23. The maximum Gasteiger partial charge on any atom is 0.343 e.